The number of ketones is 1. The van der Waals surface area contributed by atoms with Gasteiger partial charge in [0.25, 0.3) is 0 Å². The van der Waals surface area contributed by atoms with Crippen molar-refractivity contribution in [3.8, 4) is 0 Å². The molecule has 0 aromatic rings. The lowest BCUT2D eigenvalue weighted by atomic mass is 9.99. The molecule has 3 N–H and O–H groups in total. The molecule has 76 valence electrons. The molecule has 5 nitrogen and oxygen atoms in total. The quantitative estimate of drug-likeness (QED) is 0.501. The minimum absolute atomic E-state index is 0.294. The molecular weight excluding hydrogens is 176 g/mol. The van der Waals surface area contributed by atoms with Crippen molar-refractivity contribution in [1.82, 2.24) is 0 Å². The number of aliphatic hydroxyl groups is 3. The van der Waals surface area contributed by atoms with Gasteiger partial charge in [0.1, 0.15) is 18.3 Å². The van der Waals surface area contributed by atoms with E-state index in [4.69, 9.17) is 14.9 Å². The van der Waals surface area contributed by atoms with Gasteiger partial charge in [0.15, 0.2) is 12.1 Å². The van der Waals surface area contributed by atoms with E-state index in [2.05, 4.69) is 0 Å². The third kappa shape index (κ3) is 1.88. The topological polar surface area (TPSA) is 87.0 Å². The Labute approximate surface area is 75.9 Å². The first-order valence-electron chi connectivity index (χ1n) is 4.18. The first kappa shape index (κ1) is 10.6. The molecule has 0 bridgehead atoms. The molecule has 0 radical (unpaired) electrons. The summed E-state index contributed by atoms with van der Waals surface area (Å²) in [6, 6.07) is 0. The normalized spacial score (nSPS) is 39.8. The predicted octanol–water partition coefficient (Wildman–Crippen LogP) is -1.35. The van der Waals surface area contributed by atoms with Crippen LogP contribution in [-0.4, -0.2) is 45.7 Å². The number of hydrogen-bond donors (Lipinski definition) is 3. The van der Waals surface area contributed by atoms with E-state index < -0.39 is 24.6 Å². The van der Waals surface area contributed by atoms with Gasteiger partial charge in [-0.05, 0) is 0 Å². The first-order chi connectivity index (χ1) is 5.95. The van der Waals surface area contributed by atoms with Gasteiger partial charge in [-0.25, -0.2) is 0 Å². The molecule has 5 heteroatoms. The van der Waals surface area contributed by atoms with Gasteiger partial charge in [-0.15, -0.1) is 0 Å². The molecule has 0 aromatic heterocycles. The Morgan fingerprint density at radius 3 is 2.08 bits per heavy atom. The Morgan fingerprint density at radius 1 is 1.23 bits per heavy atom. The number of carbonyl (C=O) groups is 1. The van der Waals surface area contributed by atoms with E-state index in [1.807, 2.05) is 0 Å². The molecule has 1 aliphatic heterocycles. The molecule has 4 atom stereocenters. The van der Waals surface area contributed by atoms with Crippen molar-refractivity contribution in [3.63, 3.8) is 0 Å². The fraction of sp³-hybridized carbons (Fsp3) is 0.875. The van der Waals surface area contributed by atoms with Crippen LogP contribution in [0.5, 0.6) is 0 Å². The minimum atomic E-state index is -1.47. The van der Waals surface area contributed by atoms with E-state index >= 15 is 0 Å². The highest BCUT2D eigenvalue weighted by atomic mass is 16.6. The van der Waals surface area contributed by atoms with Gasteiger partial charge in [-0.1, -0.05) is 13.8 Å². The average molecular weight is 190 g/mol. The van der Waals surface area contributed by atoms with Gasteiger partial charge in [0.2, 0.25) is 0 Å². The van der Waals surface area contributed by atoms with E-state index in [1.165, 1.54) is 0 Å². The lowest BCUT2D eigenvalue weighted by Gasteiger charge is -2.14. The van der Waals surface area contributed by atoms with Crippen LogP contribution in [0, 0.1) is 5.92 Å². The third-order valence-electron chi connectivity index (χ3n) is 2.09. The van der Waals surface area contributed by atoms with Gasteiger partial charge in [0, 0.05) is 5.92 Å². The highest BCUT2D eigenvalue weighted by molar-refractivity contribution is 5.85. The molecular formula is C8H14O5. The maximum atomic E-state index is 11.3. The van der Waals surface area contributed by atoms with Crippen LogP contribution >= 0.6 is 0 Å². The summed E-state index contributed by atoms with van der Waals surface area (Å²) >= 11 is 0. The van der Waals surface area contributed by atoms with E-state index in [0.29, 0.717) is 0 Å². The van der Waals surface area contributed by atoms with Gasteiger partial charge >= 0.3 is 0 Å². The van der Waals surface area contributed by atoms with Crippen molar-refractivity contribution >= 4 is 5.78 Å². The summed E-state index contributed by atoms with van der Waals surface area (Å²) in [5, 5.41) is 27.4. The van der Waals surface area contributed by atoms with Crippen molar-refractivity contribution in [1.29, 1.82) is 0 Å². The van der Waals surface area contributed by atoms with Gasteiger partial charge < -0.3 is 20.1 Å². The summed E-state index contributed by atoms with van der Waals surface area (Å²) in [7, 11) is 0. The van der Waals surface area contributed by atoms with E-state index in [-0.39, 0.29) is 11.7 Å². The lowest BCUT2D eigenvalue weighted by Crippen LogP contribution is -2.38. The van der Waals surface area contributed by atoms with Crippen LogP contribution in [0.1, 0.15) is 13.8 Å². The molecule has 0 aromatic carbocycles. The summed E-state index contributed by atoms with van der Waals surface area (Å²) < 4.78 is 4.71. The van der Waals surface area contributed by atoms with Crippen molar-refractivity contribution in [2.75, 3.05) is 0 Å². The number of carbonyl (C=O) groups excluding carboxylic acids is 1. The first-order valence-corrected chi connectivity index (χ1v) is 4.18. The predicted molar refractivity (Wildman–Crippen MR) is 42.7 cm³/mol. The zero-order chi connectivity index (χ0) is 10.2. The van der Waals surface area contributed by atoms with Crippen LogP contribution in [0.3, 0.4) is 0 Å². The molecule has 0 aliphatic carbocycles. The number of hydrogen-bond acceptors (Lipinski definition) is 5. The zero-order valence-electron chi connectivity index (χ0n) is 7.54. The van der Waals surface area contributed by atoms with Crippen LogP contribution in [0.4, 0.5) is 0 Å². The Kier molecular flexibility index (Phi) is 3.02. The van der Waals surface area contributed by atoms with Crippen molar-refractivity contribution in [3.05, 3.63) is 0 Å². The summed E-state index contributed by atoms with van der Waals surface area (Å²) in [4.78, 5) is 11.3. The van der Waals surface area contributed by atoms with Gasteiger partial charge in [0.05, 0.1) is 0 Å². The van der Waals surface area contributed by atoms with Gasteiger partial charge in [-0.3, -0.25) is 4.79 Å². The largest absolute Gasteiger partial charge is 0.387 e. The van der Waals surface area contributed by atoms with E-state index in [1.54, 1.807) is 13.8 Å². The molecule has 0 amide bonds. The highest BCUT2D eigenvalue weighted by Crippen LogP contribution is 2.22. The molecule has 1 heterocycles. The number of Topliss-reactive ketones (excluding diaryl/α,β-unsaturated/α-hetero) is 1. The lowest BCUT2D eigenvalue weighted by molar-refractivity contribution is -0.151. The number of rotatable bonds is 2. The fourth-order valence-electron chi connectivity index (χ4n) is 1.22. The molecule has 1 saturated heterocycles. The molecule has 0 unspecified atom stereocenters. The van der Waals surface area contributed by atoms with Crippen LogP contribution in [0.25, 0.3) is 0 Å². The summed E-state index contributed by atoms with van der Waals surface area (Å²) in [5.41, 5.74) is 0. The van der Waals surface area contributed by atoms with Crippen molar-refractivity contribution in [2.45, 2.75) is 38.4 Å². The second-order valence-electron chi connectivity index (χ2n) is 3.49. The summed E-state index contributed by atoms with van der Waals surface area (Å²) in [5.74, 6) is -0.611. The number of ether oxygens (including phenoxy) is 1. The molecule has 13 heavy (non-hydrogen) atoms. The standard InChI is InChI=1S/C8H14O5/c1-3(2)4(9)7-5(10)6(11)8(12)13-7/h3,5-8,10-12H,1-2H3/t5-,6+,7+,8+/m1/s1. The average Bonchev–Trinajstić information content (AvgIpc) is 2.31. The van der Waals surface area contributed by atoms with E-state index in [9.17, 15) is 9.90 Å². The third-order valence-corrected chi connectivity index (χ3v) is 2.09. The van der Waals surface area contributed by atoms with Crippen LogP contribution in [0.2, 0.25) is 0 Å². The van der Waals surface area contributed by atoms with Crippen LogP contribution in [0.15, 0.2) is 0 Å². The summed E-state index contributed by atoms with van der Waals surface area (Å²) in [6.45, 7) is 3.32. The number of aliphatic hydroxyl groups excluding tert-OH is 3. The second-order valence-corrected chi connectivity index (χ2v) is 3.49. The molecule has 0 spiro atoms. The SMILES string of the molecule is CC(C)C(=O)[C@@H]1O[C@H](O)[C@@H](O)[C@H]1O. The minimum Gasteiger partial charge on any atom is -0.387 e. The summed E-state index contributed by atoms with van der Waals surface area (Å²) in [6.07, 6.45) is -5.30. The Balaban J connectivity index is 2.68. The fourth-order valence-corrected chi connectivity index (χ4v) is 1.22. The maximum Gasteiger partial charge on any atom is 0.184 e. The smallest absolute Gasteiger partial charge is 0.184 e. The van der Waals surface area contributed by atoms with Crippen LogP contribution < -0.4 is 0 Å². The second kappa shape index (κ2) is 3.71. The Hall–Kier alpha value is -0.490. The maximum absolute atomic E-state index is 11.3. The molecule has 1 rings (SSSR count). The van der Waals surface area contributed by atoms with Gasteiger partial charge in [-0.2, -0.15) is 0 Å². The van der Waals surface area contributed by atoms with E-state index in [0.717, 1.165) is 0 Å². The van der Waals surface area contributed by atoms with Crippen LogP contribution in [-0.2, 0) is 9.53 Å². The molecule has 1 fully saturated rings. The van der Waals surface area contributed by atoms with Crippen molar-refractivity contribution in [2.24, 2.45) is 5.92 Å². The monoisotopic (exact) mass is 190 g/mol. The molecule has 0 saturated carbocycles. The van der Waals surface area contributed by atoms with Crippen molar-refractivity contribution < 1.29 is 24.9 Å². The Morgan fingerprint density at radius 2 is 1.77 bits per heavy atom. The highest BCUT2D eigenvalue weighted by Gasteiger charge is 2.45. The Bertz CT molecular complexity index is 203. The zero-order valence-corrected chi connectivity index (χ0v) is 7.54. The molecule has 1 aliphatic rings.